The van der Waals surface area contributed by atoms with Crippen LogP contribution in [0.1, 0.15) is 47.2 Å². The van der Waals surface area contributed by atoms with Crippen molar-refractivity contribution in [1.82, 2.24) is 0 Å². The van der Waals surface area contributed by atoms with E-state index < -0.39 is 0 Å². The van der Waals surface area contributed by atoms with Gasteiger partial charge in [0.2, 0.25) is 0 Å². The van der Waals surface area contributed by atoms with Gasteiger partial charge in [-0.15, -0.1) is 0 Å². The average molecular weight is 328 g/mol. The number of ether oxygens (including phenoxy) is 2. The molecular weight excluding hydrogens is 296 g/mol. The van der Waals surface area contributed by atoms with Crippen LogP contribution in [0.3, 0.4) is 0 Å². The maximum atomic E-state index is 6.16. The van der Waals surface area contributed by atoms with Gasteiger partial charge in [-0.2, -0.15) is 0 Å². The molecule has 0 saturated carbocycles. The molecule has 2 rings (SSSR count). The van der Waals surface area contributed by atoms with Crippen molar-refractivity contribution in [2.24, 2.45) is 0 Å². The van der Waals surface area contributed by atoms with Crippen molar-refractivity contribution >= 4 is 0 Å². The highest BCUT2D eigenvalue weighted by molar-refractivity contribution is 5.48. The van der Waals surface area contributed by atoms with Gasteiger partial charge in [0.25, 0.3) is 0 Å². The fourth-order valence-corrected chi connectivity index (χ4v) is 2.54. The molecule has 24 heavy (non-hydrogen) atoms. The minimum atomic E-state index is 0.844. The number of hydrogen-bond donors (Lipinski definition) is 0. The first-order chi connectivity index (χ1) is 11.3. The lowest BCUT2D eigenvalue weighted by Gasteiger charge is -2.15. The molecular formula is C22H32O2. The van der Waals surface area contributed by atoms with E-state index in [2.05, 4.69) is 65.8 Å². The lowest BCUT2D eigenvalue weighted by molar-refractivity contribution is 0.162. The Morgan fingerprint density at radius 1 is 0.625 bits per heavy atom. The Morgan fingerprint density at radius 3 is 1.29 bits per heavy atom. The summed E-state index contributed by atoms with van der Waals surface area (Å²) in [7, 11) is 0. The molecule has 0 bridgehead atoms. The third-order valence-corrected chi connectivity index (χ3v) is 4.16. The smallest absolute Gasteiger partial charge is 0.130 e. The number of hydrogen-bond acceptors (Lipinski definition) is 2. The van der Waals surface area contributed by atoms with Crippen molar-refractivity contribution in [2.45, 2.75) is 55.4 Å². The summed E-state index contributed by atoms with van der Waals surface area (Å²) >= 11 is 0. The molecule has 2 aromatic rings. The molecule has 0 unspecified atom stereocenters. The molecule has 0 N–H and O–H groups in total. The number of rotatable bonds is 4. The molecule has 2 aromatic carbocycles. The van der Waals surface area contributed by atoms with Crippen LogP contribution in [0.25, 0.3) is 0 Å². The van der Waals surface area contributed by atoms with E-state index in [1.54, 1.807) is 0 Å². The van der Waals surface area contributed by atoms with Gasteiger partial charge < -0.3 is 9.47 Å². The SMILES string of the molecule is CCOCC.Cc1cc(C)c(C)c(Oc2cc(C)cc(C)c2C)c1. The van der Waals surface area contributed by atoms with Crippen LogP contribution in [-0.4, -0.2) is 13.2 Å². The van der Waals surface area contributed by atoms with Crippen molar-refractivity contribution in [2.75, 3.05) is 13.2 Å². The van der Waals surface area contributed by atoms with E-state index in [4.69, 9.17) is 9.47 Å². The van der Waals surface area contributed by atoms with Crippen LogP contribution in [0.5, 0.6) is 11.5 Å². The van der Waals surface area contributed by atoms with Crippen LogP contribution in [0.15, 0.2) is 24.3 Å². The molecule has 2 heteroatoms. The van der Waals surface area contributed by atoms with Crippen molar-refractivity contribution in [3.05, 3.63) is 57.6 Å². The van der Waals surface area contributed by atoms with Gasteiger partial charge in [-0.1, -0.05) is 12.1 Å². The van der Waals surface area contributed by atoms with Crippen molar-refractivity contribution in [3.8, 4) is 11.5 Å². The highest BCUT2D eigenvalue weighted by Gasteiger charge is 2.09. The lowest BCUT2D eigenvalue weighted by Crippen LogP contribution is -1.95. The first-order valence-electron chi connectivity index (χ1n) is 8.71. The van der Waals surface area contributed by atoms with Crippen LogP contribution in [0.2, 0.25) is 0 Å². The van der Waals surface area contributed by atoms with Crippen molar-refractivity contribution in [3.63, 3.8) is 0 Å². The Kier molecular flexibility index (Phi) is 8.00. The number of aryl methyl sites for hydroxylation is 4. The summed E-state index contributed by atoms with van der Waals surface area (Å²) in [5.41, 5.74) is 7.45. The van der Waals surface area contributed by atoms with Gasteiger partial charge in [-0.25, -0.2) is 0 Å². The topological polar surface area (TPSA) is 18.5 Å². The second-order valence-electron chi connectivity index (χ2n) is 6.29. The van der Waals surface area contributed by atoms with Crippen LogP contribution in [-0.2, 0) is 4.74 Å². The Morgan fingerprint density at radius 2 is 1.00 bits per heavy atom. The van der Waals surface area contributed by atoms with Gasteiger partial charge in [-0.05, 0) is 101 Å². The normalized spacial score (nSPS) is 10.2. The van der Waals surface area contributed by atoms with Crippen molar-refractivity contribution in [1.29, 1.82) is 0 Å². The molecule has 0 amide bonds. The zero-order chi connectivity index (χ0) is 18.3. The molecule has 0 aliphatic carbocycles. The minimum absolute atomic E-state index is 0.844. The molecule has 0 atom stereocenters. The Hall–Kier alpha value is -1.80. The van der Waals surface area contributed by atoms with E-state index in [0.29, 0.717) is 0 Å². The Balaban J connectivity index is 0.000000505. The van der Waals surface area contributed by atoms with E-state index in [1.807, 2.05) is 13.8 Å². The molecule has 0 aromatic heterocycles. The zero-order valence-electron chi connectivity index (χ0n) is 16.5. The maximum absolute atomic E-state index is 6.16. The second-order valence-corrected chi connectivity index (χ2v) is 6.29. The third kappa shape index (κ3) is 5.68. The summed E-state index contributed by atoms with van der Waals surface area (Å²) in [6.07, 6.45) is 0. The zero-order valence-corrected chi connectivity index (χ0v) is 16.5. The van der Waals surface area contributed by atoms with Crippen LogP contribution in [0, 0.1) is 41.5 Å². The van der Waals surface area contributed by atoms with Gasteiger partial charge in [0.15, 0.2) is 0 Å². The summed E-state index contributed by atoms with van der Waals surface area (Å²) in [5, 5.41) is 0. The quantitative estimate of drug-likeness (QED) is 0.649. The van der Waals surface area contributed by atoms with Gasteiger partial charge in [0.1, 0.15) is 11.5 Å². The molecule has 0 radical (unpaired) electrons. The predicted molar refractivity (Wildman–Crippen MR) is 104 cm³/mol. The molecule has 0 spiro atoms. The van der Waals surface area contributed by atoms with E-state index in [9.17, 15) is 0 Å². The molecule has 2 nitrogen and oxygen atoms in total. The second kappa shape index (κ2) is 9.48. The number of benzene rings is 2. The van der Waals surface area contributed by atoms with Gasteiger partial charge in [0, 0.05) is 13.2 Å². The molecule has 0 aliphatic heterocycles. The highest BCUT2D eigenvalue weighted by atomic mass is 16.5. The van der Waals surface area contributed by atoms with E-state index in [-0.39, 0.29) is 0 Å². The summed E-state index contributed by atoms with van der Waals surface area (Å²) in [4.78, 5) is 0. The Bertz CT molecular complexity index is 615. The first-order valence-corrected chi connectivity index (χ1v) is 8.71. The van der Waals surface area contributed by atoms with Gasteiger partial charge in [0.05, 0.1) is 0 Å². The summed E-state index contributed by atoms with van der Waals surface area (Å²) in [5.74, 6) is 1.93. The van der Waals surface area contributed by atoms with Crippen LogP contribution >= 0.6 is 0 Å². The molecule has 0 saturated heterocycles. The van der Waals surface area contributed by atoms with E-state index >= 15 is 0 Å². The first kappa shape index (κ1) is 20.2. The standard InChI is InChI=1S/C18H22O.C4H10O/c1-11-7-13(3)15(5)17(9-11)19-18-10-12(2)8-14(4)16(18)6;1-3-5-4-2/h7-10H,1-6H3;3-4H2,1-2H3. The Labute approximate surface area is 147 Å². The van der Waals surface area contributed by atoms with Crippen molar-refractivity contribution < 1.29 is 9.47 Å². The fraction of sp³-hybridized carbons (Fsp3) is 0.455. The molecule has 0 fully saturated rings. The highest BCUT2D eigenvalue weighted by Crippen LogP contribution is 2.32. The predicted octanol–water partition coefficient (Wildman–Crippen LogP) is 6.37. The van der Waals surface area contributed by atoms with Crippen LogP contribution < -0.4 is 4.74 Å². The molecule has 132 valence electrons. The molecule has 0 heterocycles. The summed E-state index contributed by atoms with van der Waals surface area (Å²) in [6, 6.07) is 8.60. The maximum Gasteiger partial charge on any atom is 0.130 e. The van der Waals surface area contributed by atoms with Gasteiger partial charge >= 0.3 is 0 Å². The van der Waals surface area contributed by atoms with E-state index in [1.165, 1.54) is 33.4 Å². The fourth-order valence-electron chi connectivity index (χ4n) is 2.54. The third-order valence-electron chi connectivity index (χ3n) is 4.16. The van der Waals surface area contributed by atoms with E-state index in [0.717, 1.165) is 24.7 Å². The molecule has 0 aliphatic rings. The summed E-state index contributed by atoms with van der Waals surface area (Å²) in [6.45, 7) is 18.4. The lowest BCUT2D eigenvalue weighted by atomic mass is 10.0. The van der Waals surface area contributed by atoms with Gasteiger partial charge in [-0.3, -0.25) is 0 Å². The monoisotopic (exact) mass is 328 g/mol. The summed E-state index contributed by atoms with van der Waals surface area (Å²) < 4.78 is 11.0. The largest absolute Gasteiger partial charge is 0.457 e. The minimum Gasteiger partial charge on any atom is -0.457 e. The van der Waals surface area contributed by atoms with Crippen LogP contribution in [0.4, 0.5) is 0 Å². The average Bonchev–Trinajstić information content (AvgIpc) is 2.50.